The second-order valence-corrected chi connectivity index (χ2v) is 4.87. The van der Waals surface area contributed by atoms with Crippen molar-refractivity contribution < 1.29 is 23.4 Å². The molecule has 0 aromatic heterocycles. The fourth-order valence-corrected chi connectivity index (χ4v) is 1.81. The van der Waals surface area contributed by atoms with Gasteiger partial charge in [-0.15, -0.1) is 0 Å². The van der Waals surface area contributed by atoms with Crippen molar-refractivity contribution in [3.63, 3.8) is 0 Å². The highest BCUT2D eigenvalue weighted by atomic mass is 19.1. The van der Waals surface area contributed by atoms with Gasteiger partial charge in [0.2, 0.25) is 0 Å². The van der Waals surface area contributed by atoms with Gasteiger partial charge in [0.05, 0.1) is 11.6 Å². The summed E-state index contributed by atoms with van der Waals surface area (Å²) in [6.45, 7) is 1.78. The lowest BCUT2D eigenvalue weighted by molar-refractivity contribution is -0.151. The first-order valence-corrected chi connectivity index (χ1v) is 7.30. The Kier molecular flexibility index (Phi) is 6.15. The smallest absolute Gasteiger partial charge is 0.347 e. The Labute approximate surface area is 139 Å². The molecule has 0 fully saturated rings. The summed E-state index contributed by atoms with van der Waals surface area (Å²) in [4.78, 5) is 11.8. The van der Waals surface area contributed by atoms with Crippen LogP contribution in [0.1, 0.15) is 12.5 Å². The number of rotatable bonds is 7. The number of carbonyl (C=O) groups is 1. The average Bonchev–Trinajstić information content (AvgIpc) is 2.60. The summed E-state index contributed by atoms with van der Waals surface area (Å²) < 4.78 is 28.5. The van der Waals surface area contributed by atoms with Crippen LogP contribution >= 0.6 is 0 Å². The lowest BCUT2D eigenvalue weighted by Crippen LogP contribution is -2.27. The standard InChI is InChI=1S/C18H16FNO4/c1-13(24-17-6-2-14(12-20)3-7-17)18(21)23-11-10-22-16-8-4-15(19)5-9-16/h2-9,13H,10-11H2,1H3/t13-/m0/s1. The minimum atomic E-state index is -0.788. The Morgan fingerprint density at radius 1 is 1.08 bits per heavy atom. The van der Waals surface area contributed by atoms with Crippen LogP contribution in [-0.2, 0) is 9.53 Å². The van der Waals surface area contributed by atoms with E-state index in [-0.39, 0.29) is 19.0 Å². The van der Waals surface area contributed by atoms with Gasteiger partial charge in [-0.3, -0.25) is 0 Å². The maximum atomic E-state index is 12.7. The molecule has 5 nitrogen and oxygen atoms in total. The van der Waals surface area contributed by atoms with Crippen LogP contribution in [0.25, 0.3) is 0 Å². The summed E-state index contributed by atoms with van der Waals surface area (Å²) in [5.41, 5.74) is 0.510. The highest BCUT2D eigenvalue weighted by molar-refractivity contribution is 5.74. The maximum Gasteiger partial charge on any atom is 0.347 e. The molecule has 0 bridgehead atoms. The SMILES string of the molecule is C[C@H](Oc1ccc(C#N)cc1)C(=O)OCCOc1ccc(F)cc1. The molecule has 0 aliphatic carbocycles. The summed E-state index contributed by atoms with van der Waals surface area (Å²) in [6, 6.07) is 14.0. The third-order valence-electron chi connectivity index (χ3n) is 3.04. The number of nitriles is 1. The van der Waals surface area contributed by atoms with Crippen molar-refractivity contribution in [2.75, 3.05) is 13.2 Å². The predicted molar refractivity (Wildman–Crippen MR) is 84.1 cm³/mol. The van der Waals surface area contributed by atoms with E-state index in [1.54, 1.807) is 31.2 Å². The molecule has 2 aromatic carbocycles. The van der Waals surface area contributed by atoms with E-state index in [9.17, 15) is 9.18 Å². The van der Waals surface area contributed by atoms with Crippen LogP contribution in [0.15, 0.2) is 48.5 Å². The van der Waals surface area contributed by atoms with E-state index < -0.39 is 12.1 Å². The van der Waals surface area contributed by atoms with Crippen LogP contribution in [0, 0.1) is 17.1 Å². The lowest BCUT2D eigenvalue weighted by Gasteiger charge is -2.14. The van der Waals surface area contributed by atoms with Gasteiger partial charge in [0.1, 0.15) is 30.5 Å². The van der Waals surface area contributed by atoms with Gasteiger partial charge in [-0.05, 0) is 55.5 Å². The zero-order valence-electron chi connectivity index (χ0n) is 13.1. The Morgan fingerprint density at radius 3 is 2.33 bits per heavy atom. The molecule has 0 radical (unpaired) electrons. The van der Waals surface area contributed by atoms with Crippen LogP contribution in [0.4, 0.5) is 4.39 Å². The molecule has 0 amide bonds. The van der Waals surface area contributed by atoms with E-state index in [1.165, 1.54) is 24.3 Å². The highest BCUT2D eigenvalue weighted by Gasteiger charge is 2.16. The number of ether oxygens (including phenoxy) is 3. The molecule has 24 heavy (non-hydrogen) atoms. The Hall–Kier alpha value is -3.07. The first-order valence-electron chi connectivity index (χ1n) is 7.30. The molecule has 0 N–H and O–H groups in total. The van der Waals surface area contributed by atoms with Gasteiger partial charge in [0.15, 0.2) is 6.10 Å². The monoisotopic (exact) mass is 329 g/mol. The minimum Gasteiger partial charge on any atom is -0.490 e. The number of hydrogen-bond donors (Lipinski definition) is 0. The van der Waals surface area contributed by atoms with Crippen molar-refractivity contribution in [3.8, 4) is 17.6 Å². The van der Waals surface area contributed by atoms with E-state index in [1.807, 2.05) is 6.07 Å². The zero-order valence-corrected chi connectivity index (χ0v) is 13.1. The van der Waals surface area contributed by atoms with Gasteiger partial charge in [-0.2, -0.15) is 5.26 Å². The molecule has 0 heterocycles. The van der Waals surface area contributed by atoms with Crippen LogP contribution in [0.3, 0.4) is 0 Å². The predicted octanol–water partition coefficient (Wildman–Crippen LogP) is 3.09. The highest BCUT2D eigenvalue weighted by Crippen LogP contribution is 2.14. The minimum absolute atomic E-state index is 0.0529. The molecule has 0 aliphatic rings. The molecule has 0 aliphatic heterocycles. The number of hydrogen-bond acceptors (Lipinski definition) is 5. The summed E-state index contributed by atoms with van der Waals surface area (Å²) in [7, 11) is 0. The number of nitrogens with zero attached hydrogens (tertiary/aromatic N) is 1. The fourth-order valence-electron chi connectivity index (χ4n) is 1.81. The maximum absolute atomic E-state index is 12.7. The summed E-state index contributed by atoms with van der Waals surface area (Å²) in [5.74, 6) is 0.0972. The van der Waals surface area contributed by atoms with Crippen molar-refractivity contribution in [1.82, 2.24) is 0 Å². The van der Waals surface area contributed by atoms with E-state index in [0.29, 0.717) is 17.1 Å². The van der Waals surface area contributed by atoms with Gasteiger partial charge in [-0.25, -0.2) is 9.18 Å². The average molecular weight is 329 g/mol. The Morgan fingerprint density at radius 2 is 1.71 bits per heavy atom. The van der Waals surface area contributed by atoms with Gasteiger partial charge >= 0.3 is 5.97 Å². The first kappa shape index (κ1) is 17.3. The number of benzene rings is 2. The Bertz CT molecular complexity index is 707. The number of carbonyl (C=O) groups excluding carboxylic acids is 1. The molecule has 124 valence electrons. The van der Waals surface area contributed by atoms with Gasteiger partial charge in [-0.1, -0.05) is 0 Å². The van der Waals surface area contributed by atoms with Gasteiger partial charge in [0.25, 0.3) is 0 Å². The molecule has 0 spiro atoms. The van der Waals surface area contributed by atoms with Gasteiger partial charge < -0.3 is 14.2 Å². The molecule has 2 rings (SSSR count). The van der Waals surface area contributed by atoms with E-state index in [4.69, 9.17) is 19.5 Å². The van der Waals surface area contributed by atoms with Crippen LogP contribution in [0.5, 0.6) is 11.5 Å². The summed E-state index contributed by atoms with van der Waals surface area (Å²) in [6.07, 6.45) is -0.788. The quantitative estimate of drug-likeness (QED) is 0.577. The topological polar surface area (TPSA) is 68.5 Å². The van der Waals surface area contributed by atoms with E-state index in [0.717, 1.165) is 0 Å². The van der Waals surface area contributed by atoms with Crippen LogP contribution in [0.2, 0.25) is 0 Å². The molecule has 6 heteroatoms. The van der Waals surface area contributed by atoms with Crippen LogP contribution in [-0.4, -0.2) is 25.3 Å². The van der Waals surface area contributed by atoms with Crippen molar-refractivity contribution in [1.29, 1.82) is 5.26 Å². The molecule has 0 saturated carbocycles. The molecule has 0 unspecified atom stereocenters. The fraction of sp³-hybridized carbons (Fsp3) is 0.222. The lowest BCUT2D eigenvalue weighted by atomic mass is 10.2. The molecule has 2 aromatic rings. The van der Waals surface area contributed by atoms with Crippen molar-refractivity contribution >= 4 is 5.97 Å². The van der Waals surface area contributed by atoms with Crippen molar-refractivity contribution in [2.45, 2.75) is 13.0 Å². The van der Waals surface area contributed by atoms with Crippen molar-refractivity contribution in [2.24, 2.45) is 0 Å². The van der Waals surface area contributed by atoms with Crippen molar-refractivity contribution in [3.05, 3.63) is 59.9 Å². The first-order chi connectivity index (χ1) is 11.6. The molecule has 0 saturated heterocycles. The van der Waals surface area contributed by atoms with E-state index in [2.05, 4.69) is 0 Å². The molecule has 1 atom stereocenters. The van der Waals surface area contributed by atoms with Crippen LogP contribution < -0.4 is 9.47 Å². The second kappa shape index (κ2) is 8.53. The Balaban J connectivity index is 1.71. The number of halogens is 1. The second-order valence-electron chi connectivity index (χ2n) is 4.87. The number of esters is 1. The molecular formula is C18H16FNO4. The van der Waals surface area contributed by atoms with Gasteiger partial charge in [0, 0.05) is 0 Å². The largest absolute Gasteiger partial charge is 0.490 e. The summed E-state index contributed by atoms with van der Waals surface area (Å²) >= 11 is 0. The summed E-state index contributed by atoms with van der Waals surface area (Å²) in [5, 5.41) is 8.72. The third-order valence-corrected chi connectivity index (χ3v) is 3.04. The third kappa shape index (κ3) is 5.29. The zero-order chi connectivity index (χ0) is 17.4. The molecular weight excluding hydrogens is 313 g/mol. The normalized spacial score (nSPS) is 11.2. The van der Waals surface area contributed by atoms with E-state index >= 15 is 0 Å².